The van der Waals surface area contributed by atoms with E-state index in [0.717, 1.165) is 12.1 Å². The van der Waals surface area contributed by atoms with Gasteiger partial charge in [0, 0.05) is 29.9 Å². The molecule has 3 rings (SSSR count). The number of carbonyl (C=O) groups is 3. The average molecular weight is 546 g/mol. The molecule has 0 radical (unpaired) electrons. The van der Waals surface area contributed by atoms with Crippen LogP contribution in [0.3, 0.4) is 0 Å². The number of nitrogens with zero attached hydrogens (tertiary/aromatic N) is 2. The molecule has 0 aliphatic carbocycles. The molecule has 0 spiro atoms. The predicted molar refractivity (Wildman–Crippen MR) is 123 cm³/mol. The van der Waals surface area contributed by atoms with Crippen molar-refractivity contribution in [1.82, 2.24) is 15.8 Å². The number of nitrogens with one attached hydrogen (secondary N) is 2. The standard InChI is InChI=1S/C22H22F4N4O6S/c1-36-17-6-4-16(5-7-17)30(21(33)29-8-10-37(34,35)11-9-29)13-15-3-2-14(12-18(15)23)19(31)27-28-20(32)22(24,25)26/h2-7,12H,8-11,13H2,1H3,(H,27,31)(H,28,32). The number of hydrogen-bond donors (Lipinski definition) is 2. The van der Waals surface area contributed by atoms with Crippen molar-refractivity contribution in [3.63, 3.8) is 0 Å². The minimum absolute atomic E-state index is 0.0373. The van der Waals surface area contributed by atoms with Crippen LogP contribution in [0.1, 0.15) is 15.9 Å². The van der Waals surface area contributed by atoms with Gasteiger partial charge >= 0.3 is 18.1 Å². The lowest BCUT2D eigenvalue weighted by Gasteiger charge is -2.33. The second-order valence-electron chi connectivity index (χ2n) is 7.92. The molecule has 1 aliphatic heterocycles. The van der Waals surface area contributed by atoms with Crippen molar-refractivity contribution in [2.45, 2.75) is 12.7 Å². The quantitative estimate of drug-likeness (QED) is 0.437. The molecule has 1 fully saturated rings. The summed E-state index contributed by atoms with van der Waals surface area (Å²) >= 11 is 0. The number of hydrazine groups is 1. The molecular weight excluding hydrogens is 524 g/mol. The number of ether oxygens (including phenoxy) is 1. The Kier molecular flexibility index (Phi) is 8.25. The van der Waals surface area contributed by atoms with Crippen LogP contribution in [-0.4, -0.2) is 69.0 Å². The molecule has 2 aromatic rings. The Bertz CT molecular complexity index is 1270. The van der Waals surface area contributed by atoms with E-state index < -0.39 is 39.7 Å². The van der Waals surface area contributed by atoms with Crippen molar-refractivity contribution in [3.8, 4) is 5.75 Å². The Labute approximate surface area is 209 Å². The maximum atomic E-state index is 14.9. The number of halogens is 4. The molecule has 10 nitrogen and oxygen atoms in total. The normalized spacial score (nSPS) is 15.0. The minimum atomic E-state index is -5.22. The summed E-state index contributed by atoms with van der Waals surface area (Å²) in [6.45, 7) is -0.398. The third kappa shape index (κ3) is 7.09. The predicted octanol–water partition coefficient (Wildman–Crippen LogP) is 2.01. The lowest BCUT2D eigenvalue weighted by atomic mass is 10.1. The van der Waals surface area contributed by atoms with E-state index in [0.29, 0.717) is 11.4 Å². The highest BCUT2D eigenvalue weighted by Gasteiger charge is 2.39. The summed E-state index contributed by atoms with van der Waals surface area (Å²) in [6.07, 6.45) is -5.22. The monoisotopic (exact) mass is 546 g/mol. The molecular formula is C22H22F4N4O6S. The van der Waals surface area contributed by atoms with Crippen molar-refractivity contribution in [2.24, 2.45) is 0 Å². The number of benzene rings is 2. The molecule has 2 N–H and O–H groups in total. The third-order valence-electron chi connectivity index (χ3n) is 5.42. The van der Waals surface area contributed by atoms with Crippen LogP contribution in [-0.2, 0) is 21.2 Å². The second kappa shape index (κ2) is 11.0. The fourth-order valence-corrected chi connectivity index (χ4v) is 4.55. The van der Waals surface area contributed by atoms with E-state index in [9.17, 15) is 40.4 Å². The van der Waals surface area contributed by atoms with E-state index in [2.05, 4.69) is 0 Å². The molecule has 4 amide bonds. The van der Waals surface area contributed by atoms with E-state index in [1.165, 1.54) is 33.8 Å². The first-order chi connectivity index (χ1) is 17.3. The van der Waals surface area contributed by atoms with E-state index in [1.807, 2.05) is 0 Å². The molecule has 0 unspecified atom stereocenters. The first-order valence-electron chi connectivity index (χ1n) is 10.7. The number of anilines is 1. The minimum Gasteiger partial charge on any atom is -0.497 e. The molecule has 37 heavy (non-hydrogen) atoms. The molecule has 0 aromatic heterocycles. The van der Waals surface area contributed by atoms with Crippen LogP contribution in [0.2, 0.25) is 0 Å². The molecule has 0 saturated carbocycles. The van der Waals surface area contributed by atoms with Crippen molar-refractivity contribution in [2.75, 3.05) is 36.6 Å². The van der Waals surface area contributed by atoms with Gasteiger partial charge in [-0.2, -0.15) is 13.2 Å². The van der Waals surface area contributed by atoms with Gasteiger partial charge < -0.3 is 9.64 Å². The number of sulfone groups is 1. The molecule has 1 heterocycles. The van der Waals surface area contributed by atoms with Gasteiger partial charge in [0.25, 0.3) is 5.91 Å². The van der Waals surface area contributed by atoms with Crippen LogP contribution in [0.5, 0.6) is 5.75 Å². The van der Waals surface area contributed by atoms with E-state index >= 15 is 0 Å². The fraction of sp³-hybridized carbons (Fsp3) is 0.318. The van der Waals surface area contributed by atoms with Gasteiger partial charge in [0.05, 0.1) is 25.2 Å². The van der Waals surface area contributed by atoms with Crippen LogP contribution in [0.25, 0.3) is 0 Å². The van der Waals surface area contributed by atoms with Crippen LogP contribution in [0.15, 0.2) is 42.5 Å². The molecule has 0 bridgehead atoms. The highest BCUT2D eigenvalue weighted by Crippen LogP contribution is 2.24. The number of hydrogen-bond acceptors (Lipinski definition) is 6. The van der Waals surface area contributed by atoms with Crippen LogP contribution < -0.4 is 20.5 Å². The summed E-state index contributed by atoms with van der Waals surface area (Å²) < 4.78 is 80.3. The van der Waals surface area contributed by atoms with Gasteiger partial charge in [0.15, 0.2) is 9.84 Å². The van der Waals surface area contributed by atoms with Gasteiger partial charge in [-0.05, 0) is 36.4 Å². The summed E-state index contributed by atoms with van der Waals surface area (Å²) in [7, 11) is -1.81. The summed E-state index contributed by atoms with van der Waals surface area (Å²) in [5, 5.41) is 0. The van der Waals surface area contributed by atoms with Crippen LogP contribution >= 0.6 is 0 Å². The van der Waals surface area contributed by atoms with E-state index in [1.54, 1.807) is 24.3 Å². The average Bonchev–Trinajstić information content (AvgIpc) is 2.85. The van der Waals surface area contributed by atoms with Crippen molar-refractivity contribution in [1.29, 1.82) is 0 Å². The number of carbonyl (C=O) groups excluding carboxylic acids is 3. The first-order valence-corrected chi connectivity index (χ1v) is 12.5. The van der Waals surface area contributed by atoms with Gasteiger partial charge in [0.1, 0.15) is 11.6 Å². The van der Waals surface area contributed by atoms with Crippen molar-refractivity contribution in [3.05, 3.63) is 59.4 Å². The van der Waals surface area contributed by atoms with Gasteiger partial charge in [-0.15, -0.1) is 0 Å². The Morgan fingerprint density at radius 2 is 1.65 bits per heavy atom. The summed E-state index contributed by atoms with van der Waals surface area (Å²) in [6, 6.07) is 8.72. The molecule has 1 saturated heterocycles. The highest BCUT2D eigenvalue weighted by atomic mass is 32.2. The SMILES string of the molecule is COc1ccc(N(Cc2ccc(C(=O)NNC(=O)C(F)(F)F)cc2F)C(=O)N2CCS(=O)(=O)CC2)cc1. The lowest BCUT2D eigenvalue weighted by Crippen LogP contribution is -2.49. The first kappa shape index (κ1) is 27.7. The maximum absolute atomic E-state index is 14.9. The Hall–Kier alpha value is -3.88. The zero-order chi connectivity index (χ0) is 27.4. The van der Waals surface area contributed by atoms with Gasteiger partial charge in [-0.3, -0.25) is 25.3 Å². The van der Waals surface area contributed by atoms with E-state index in [-0.39, 0.29) is 42.3 Å². The Morgan fingerprint density at radius 3 is 2.19 bits per heavy atom. The Morgan fingerprint density at radius 1 is 1.03 bits per heavy atom. The van der Waals surface area contributed by atoms with Gasteiger partial charge in [-0.25, -0.2) is 17.6 Å². The second-order valence-corrected chi connectivity index (χ2v) is 10.2. The molecule has 0 atom stereocenters. The van der Waals surface area contributed by atoms with Gasteiger partial charge in [-0.1, -0.05) is 6.07 Å². The molecule has 15 heteroatoms. The van der Waals surface area contributed by atoms with Crippen molar-refractivity contribution >= 4 is 33.4 Å². The smallest absolute Gasteiger partial charge is 0.472 e. The largest absolute Gasteiger partial charge is 0.497 e. The lowest BCUT2D eigenvalue weighted by molar-refractivity contribution is -0.174. The Balaban J connectivity index is 1.81. The number of methoxy groups -OCH3 is 1. The summed E-state index contributed by atoms with van der Waals surface area (Å²) in [5.41, 5.74) is 2.65. The van der Waals surface area contributed by atoms with Crippen molar-refractivity contribution < 1.29 is 45.1 Å². The zero-order valence-corrected chi connectivity index (χ0v) is 20.2. The number of amides is 4. The molecule has 2 aromatic carbocycles. The number of alkyl halides is 3. The number of rotatable bonds is 5. The fourth-order valence-electron chi connectivity index (χ4n) is 3.35. The number of urea groups is 1. The van der Waals surface area contributed by atoms with Gasteiger partial charge in [0.2, 0.25) is 0 Å². The molecule has 1 aliphatic rings. The van der Waals surface area contributed by atoms with Crippen LogP contribution in [0, 0.1) is 5.82 Å². The highest BCUT2D eigenvalue weighted by molar-refractivity contribution is 7.91. The zero-order valence-electron chi connectivity index (χ0n) is 19.3. The van der Waals surface area contributed by atoms with E-state index in [4.69, 9.17) is 4.74 Å². The topological polar surface area (TPSA) is 125 Å². The van der Waals surface area contributed by atoms with Crippen LogP contribution in [0.4, 0.5) is 28.0 Å². The molecule has 200 valence electrons. The third-order valence-corrected chi connectivity index (χ3v) is 7.03. The summed E-state index contributed by atoms with van der Waals surface area (Å²) in [4.78, 5) is 38.7. The maximum Gasteiger partial charge on any atom is 0.472 e. The summed E-state index contributed by atoms with van der Waals surface area (Å²) in [5.74, 6) is -4.46.